The van der Waals surface area contributed by atoms with Crippen molar-refractivity contribution in [1.82, 2.24) is 9.29 Å². The Morgan fingerprint density at radius 2 is 2.16 bits per heavy atom. The number of hydrogen-bond acceptors (Lipinski definition) is 4. The van der Waals surface area contributed by atoms with Gasteiger partial charge in [0.1, 0.15) is 0 Å². The van der Waals surface area contributed by atoms with Crippen LogP contribution in [-0.2, 0) is 10.0 Å². The zero-order valence-electron chi connectivity index (χ0n) is 10.6. The van der Waals surface area contributed by atoms with E-state index in [2.05, 4.69) is 4.98 Å². The van der Waals surface area contributed by atoms with Crippen molar-refractivity contribution in [3.05, 3.63) is 23.9 Å². The minimum absolute atomic E-state index is 0.0209. The predicted molar refractivity (Wildman–Crippen MR) is 68.4 cm³/mol. The van der Waals surface area contributed by atoms with Crippen LogP contribution in [-0.4, -0.2) is 41.4 Å². The topological polar surface area (TPSA) is 87.6 Å². The van der Waals surface area contributed by atoms with Gasteiger partial charge in [0, 0.05) is 18.8 Å². The van der Waals surface area contributed by atoms with Crippen LogP contribution in [0.25, 0.3) is 0 Å². The fraction of sp³-hybridized carbons (Fsp3) is 0.500. The number of aromatic nitrogens is 1. The van der Waals surface area contributed by atoms with E-state index in [9.17, 15) is 13.2 Å². The summed E-state index contributed by atoms with van der Waals surface area (Å²) < 4.78 is 26.3. The van der Waals surface area contributed by atoms with E-state index in [4.69, 9.17) is 5.11 Å². The second-order valence-corrected chi connectivity index (χ2v) is 6.37. The number of pyridine rings is 1. The van der Waals surface area contributed by atoms with E-state index in [-0.39, 0.29) is 16.6 Å². The molecule has 1 heterocycles. The fourth-order valence-corrected chi connectivity index (χ4v) is 3.55. The second-order valence-electron chi connectivity index (χ2n) is 4.54. The van der Waals surface area contributed by atoms with Gasteiger partial charge < -0.3 is 5.11 Å². The average Bonchev–Trinajstić information content (AvgIpc) is 3.20. The van der Waals surface area contributed by atoms with Crippen LogP contribution in [0.1, 0.15) is 36.5 Å². The van der Waals surface area contributed by atoms with Crippen LogP contribution in [0.3, 0.4) is 0 Å². The predicted octanol–water partition coefficient (Wildman–Crippen LogP) is 1.34. The van der Waals surface area contributed by atoms with Gasteiger partial charge in [0.2, 0.25) is 0 Å². The summed E-state index contributed by atoms with van der Waals surface area (Å²) in [5, 5.41) is 8.68. The lowest BCUT2D eigenvalue weighted by Gasteiger charge is -2.20. The normalized spacial score (nSPS) is 15.7. The molecule has 1 saturated carbocycles. The van der Waals surface area contributed by atoms with Crippen molar-refractivity contribution < 1.29 is 18.3 Å². The van der Waals surface area contributed by atoms with E-state index in [0.717, 1.165) is 25.5 Å². The van der Waals surface area contributed by atoms with Crippen LogP contribution in [0.15, 0.2) is 23.4 Å². The van der Waals surface area contributed by atoms with Crippen molar-refractivity contribution in [2.45, 2.75) is 37.3 Å². The summed E-state index contributed by atoms with van der Waals surface area (Å²) in [6.45, 7) is 2.39. The Hall–Kier alpha value is -1.47. The van der Waals surface area contributed by atoms with Crippen LogP contribution in [0, 0.1) is 0 Å². The van der Waals surface area contributed by atoms with Crippen LogP contribution in [0.2, 0.25) is 0 Å². The molecule has 1 aliphatic carbocycles. The number of carboxylic acids is 1. The third-order valence-electron chi connectivity index (χ3n) is 2.95. The SMILES string of the molecule is CCCN(C1CC1)S(=O)(=O)c1ccc(C(=O)O)cn1. The molecule has 0 aromatic carbocycles. The first-order valence-electron chi connectivity index (χ1n) is 6.18. The molecule has 2 rings (SSSR count). The van der Waals surface area contributed by atoms with Gasteiger partial charge in [-0.05, 0) is 31.4 Å². The van der Waals surface area contributed by atoms with Gasteiger partial charge in [0.05, 0.1) is 5.56 Å². The molecule has 0 amide bonds. The van der Waals surface area contributed by atoms with Gasteiger partial charge in [-0.3, -0.25) is 0 Å². The van der Waals surface area contributed by atoms with E-state index >= 15 is 0 Å². The quantitative estimate of drug-likeness (QED) is 0.851. The molecule has 1 aliphatic rings. The molecule has 0 unspecified atom stereocenters. The molecule has 1 aromatic rings. The first-order valence-corrected chi connectivity index (χ1v) is 7.62. The van der Waals surface area contributed by atoms with E-state index < -0.39 is 16.0 Å². The molecular formula is C12H16N2O4S. The zero-order valence-corrected chi connectivity index (χ0v) is 11.4. The Labute approximate surface area is 112 Å². The summed E-state index contributed by atoms with van der Waals surface area (Å²) in [6.07, 6.45) is 3.58. The van der Waals surface area contributed by atoms with Crippen molar-refractivity contribution in [3.63, 3.8) is 0 Å². The maximum atomic E-state index is 12.4. The molecule has 104 valence electrons. The Kier molecular flexibility index (Phi) is 3.86. The maximum absolute atomic E-state index is 12.4. The van der Waals surface area contributed by atoms with Crippen LogP contribution in [0.4, 0.5) is 0 Å². The van der Waals surface area contributed by atoms with Crippen molar-refractivity contribution in [3.8, 4) is 0 Å². The maximum Gasteiger partial charge on any atom is 0.337 e. The Bertz CT molecular complexity index is 564. The fourth-order valence-electron chi connectivity index (χ4n) is 1.86. The van der Waals surface area contributed by atoms with E-state index in [1.165, 1.54) is 16.4 Å². The molecule has 0 spiro atoms. The molecular weight excluding hydrogens is 268 g/mol. The van der Waals surface area contributed by atoms with E-state index in [1.54, 1.807) is 0 Å². The lowest BCUT2D eigenvalue weighted by atomic mass is 10.3. The minimum atomic E-state index is -3.61. The smallest absolute Gasteiger partial charge is 0.337 e. The monoisotopic (exact) mass is 284 g/mol. The van der Waals surface area contributed by atoms with Gasteiger partial charge in [-0.2, -0.15) is 4.31 Å². The Balaban J connectivity index is 2.29. The molecule has 1 aromatic heterocycles. The van der Waals surface area contributed by atoms with Crippen molar-refractivity contribution in [1.29, 1.82) is 0 Å². The number of hydrogen-bond donors (Lipinski definition) is 1. The number of carboxylic acid groups (broad SMARTS) is 1. The van der Waals surface area contributed by atoms with E-state index in [1.807, 2.05) is 6.92 Å². The summed E-state index contributed by atoms with van der Waals surface area (Å²) in [5.41, 5.74) is -0.0209. The highest BCUT2D eigenvalue weighted by atomic mass is 32.2. The molecule has 0 saturated heterocycles. The number of aromatic carboxylic acids is 1. The summed E-state index contributed by atoms with van der Waals surface area (Å²) >= 11 is 0. The van der Waals surface area contributed by atoms with Crippen molar-refractivity contribution >= 4 is 16.0 Å². The summed E-state index contributed by atoms with van der Waals surface area (Å²) in [4.78, 5) is 14.5. The number of carbonyl (C=O) groups is 1. The molecule has 7 heteroatoms. The minimum Gasteiger partial charge on any atom is -0.478 e. The molecule has 6 nitrogen and oxygen atoms in total. The summed E-state index contributed by atoms with van der Waals surface area (Å²) in [7, 11) is -3.61. The molecule has 0 bridgehead atoms. The highest BCUT2D eigenvalue weighted by Crippen LogP contribution is 2.31. The molecule has 19 heavy (non-hydrogen) atoms. The Morgan fingerprint density at radius 1 is 1.47 bits per heavy atom. The van der Waals surface area contributed by atoms with Crippen molar-refractivity contribution in [2.24, 2.45) is 0 Å². The first kappa shape index (κ1) is 14.0. The third kappa shape index (κ3) is 2.93. The van der Waals surface area contributed by atoms with E-state index in [0.29, 0.717) is 6.54 Å². The number of rotatable bonds is 6. The highest BCUT2D eigenvalue weighted by Gasteiger charge is 2.38. The van der Waals surface area contributed by atoms with Gasteiger partial charge in [-0.25, -0.2) is 18.2 Å². The molecule has 1 N–H and O–H groups in total. The van der Waals surface area contributed by atoms with Crippen molar-refractivity contribution in [2.75, 3.05) is 6.54 Å². The van der Waals surface area contributed by atoms with Crippen LogP contribution >= 0.6 is 0 Å². The van der Waals surface area contributed by atoms with Gasteiger partial charge in [-0.1, -0.05) is 6.92 Å². The lowest BCUT2D eigenvalue weighted by Crippen LogP contribution is -2.34. The van der Waals surface area contributed by atoms with Gasteiger partial charge >= 0.3 is 5.97 Å². The molecule has 0 radical (unpaired) electrons. The Morgan fingerprint density at radius 3 is 2.58 bits per heavy atom. The average molecular weight is 284 g/mol. The largest absolute Gasteiger partial charge is 0.478 e. The lowest BCUT2D eigenvalue weighted by molar-refractivity contribution is 0.0696. The third-order valence-corrected chi connectivity index (χ3v) is 4.82. The van der Waals surface area contributed by atoms with Gasteiger partial charge in [0.15, 0.2) is 5.03 Å². The second kappa shape index (κ2) is 5.26. The first-order chi connectivity index (χ1) is 8.96. The van der Waals surface area contributed by atoms with Crippen LogP contribution in [0.5, 0.6) is 0 Å². The zero-order chi connectivity index (χ0) is 14.0. The van der Waals surface area contributed by atoms with Gasteiger partial charge in [-0.15, -0.1) is 0 Å². The van der Waals surface area contributed by atoms with Crippen LogP contribution < -0.4 is 0 Å². The summed E-state index contributed by atoms with van der Waals surface area (Å²) in [5.74, 6) is -1.12. The summed E-state index contributed by atoms with van der Waals surface area (Å²) in [6, 6.07) is 2.59. The highest BCUT2D eigenvalue weighted by molar-refractivity contribution is 7.89. The molecule has 0 atom stereocenters. The van der Waals surface area contributed by atoms with Gasteiger partial charge in [0.25, 0.3) is 10.0 Å². The molecule has 1 fully saturated rings. The number of sulfonamides is 1. The standard InChI is InChI=1S/C12H16N2O4S/c1-2-7-14(10-4-5-10)19(17,18)11-6-3-9(8-13-11)12(15)16/h3,6,8,10H,2,4-5,7H2,1H3,(H,15,16). The molecule has 0 aliphatic heterocycles. The number of nitrogens with zero attached hydrogens (tertiary/aromatic N) is 2.